The number of ether oxygens (including phenoxy) is 1. The maximum atomic E-state index is 10.6. The Morgan fingerprint density at radius 3 is 2.55 bits per heavy atom. The molecule has 0 saturated heterocycles. The number of rotatable bonds is 5. The van der Waals surface area contributed by atoms with E-state index in [1.807, 2.05) is 13.8 Å². The van der Waals surface area contributed by atoms with Crippen LogP contribution in [0.25, 0.3) is 0 Å². The number of carbonyl (C=O) groups excluding carboxylic acids is 1. The smallest absolute Gasteiger partial charge is 0.283 e. The molecule has 0 bridgehead atoms. The average molecular weight is 157 g/mol. The van der Waals surface area contributed by atoms with Crippen LogP contribution in [0.5, 0.6) is 0 Å². The minimum Gasteiger partial charge on any atom is -0.488 e. The molecule has 0 aliphatic heterocycles. The fourth-order valence-corrected chi connectivity index (χ4v) is 0.662. The van der Waals surface area contributed by atoms with E-state index in [-0.39, 0.29) is 5.76 Å². The number of primary amides is 1. The van der Waals surface area contributed by atoms with E-state index in [9.17, 15) is 4.79 Å². The predicted molar refractivity (Wildman–Crippen MR) is 43.8 cm³/mol. The molecule has 64 valence electrons. The van der Waals surface area contributed by atoms with E-state index in [0.29, 0.717) is 6.61 Å². The van der Waals surface area contributed by atoms with Crippen LogP contribution in [0.1, 0.15) is 26.7 Å². The van der Waals surface area contributed by atoms with Crippen molar-refractivity contribution in [3.63, 3.8) is 0 Å². The molecular weight excluding hydrogens is 142 g/mol. The summed E-state index contributed by atoms with van der Waals surface area (Å²) in [6.45, 7) is 4.34. The Balaban J connectivity index is 3.97. The van der Waals surface area contributed by atoms with Gasteiger partial charge in [-0.3, -0.25) is 4.79 Å². The molecule has 11 heavy (non-hydrogen) atoms. The first-order valence-corrected chi connectivity index (χ1v) is 3.85. The predicted octanol–water partition coefficient (Wildman–Crippen LogP) is 1.19. The standard InChI is InChI=1S/C8H15NO2/c1-3-5-6-7(8(9)10)11-4-2/h6H,3-5H2,1-2H3,(H2,9,10)/b7-6-. The molecule has 0 fully saturated rings. The Morgan fingerprint density at radius 1 is 1.55 bits per heavy atom. The second-order valence-corrected chi connectivity index (χ2v) is 2.15. The van der Waals surface area contributed by atoms with E-state index >= 15 is 0 Å². The van der Waals surface area contributed by atoms with Gasteiger partial charge in [0.1, 0.15) is 0 Å². The molecule has 0 rings (SSSR count). The summed E-state index contributed by atoms with van der Waals surface area (Å²) in [5.41, 5.74) is 5.03. The largest absolute Gasteiger partial charge is 0.488 e. The van der Waals surface area contributed by atoms with Gasteiger partial charge in [0, 0.05) is 0 Å². The van der Waals surface area contributed by atoms with E-state index in [1.165, 1.54) is 0 Å². The SMILES string of the molecule is CCC/C=C(\OCC)C(N)=O. The molecule has 0 aliphatic rings. The van der Waals surface area contributed by atoms with Gasteiger partial charge in [-0.15, -0.1) is 0 Å². The van der Waals surface area contributed by atoms with Crippen molar-refractivity contribution >= 4 is 5.91 Å². The zero-order valence-corrected chi connectivity index (χ0v) is 7.09. The molecule has 0 aromatic rings. The van der Waals surface area contributed by atoms with Crippen molar-refractivity contribution < 1.29 is 9.53 Å². The van der Waals surface area contributed by atoms with E-state index in [1.54, 1.807) is 6.08 Å². The van der Waals surface area contributed by atoms with Crippen LogP contribution in [0.3, 0.4) is 0 Å². The Kier molecular flexibility index (Phi) is 5.25. The maximum Gasteiger partial charge on any atom is 0.283 e. The number of nitrogens with two attached hydrogens (primary N) is 1. The third-order valence-corrected chi connectivity index (χ3v) is 1.16. The van der Waals surface area contributed by atoms with Crippen LogP contribution in [-0.2, 0) is 9.53 Å². The molecule has 0 radical (unpaired) electrons. The second-order valence-electron chi connectivity index (χ2n) is 2.15. The lowest BCUT2D eigenvalue weighted by atomic mass is 10.3. The third kappa shape index (κ3) is 4.42. The number of allylic oxidation sites excluding steroid dienone is 1. The number of hydrogen-bond acceptors (Lipinski definition) is 2. The molecule has 1 amide bonds. The number of amides is 1. The van der Waals surface area contributed by atoms with Gasteiger partial charge in [0.25, 0.3) is 5.91 Å². The molecule has 0 aromatic carbocycles. The van der Waals surface area contributed by atoms with Gasteiger partial charge in [-0.25, -0.2) is 0 Å². The van der Waals surface area contributed by atoms with Crippen LogP contribution < -0.4 is 5.73 Å². The quantitative estimate of drug-likeness (QED) is 0.481. The number of unbranched alkanes of at least 4 members (excludes halogenated alkanes) is 1. The zero-order chi connectivity index (χ0) is 8.69. The summed E-state index contributed by atoms with van der Waals surface area (Å²) in [5, 5.41) is 0. The lowest BCUT2D eigenvalue weighted by Crippen LogP contribution is -2.16. The van der Waals surface area contributed by atoms with E-state index in [4.69, 9.17) is 10.5 Å². The van der Waals surface area contributed by atoms with Crippen molar-refractivity contribution in [3.05, 3.63) is 11.8 Å². The number of hydrogen-bond donors (Lipinski definition) is 1. The fraction of sp³-hybridized carbons (Fsp3) is 0.625. The summed E-state index contributed by atoms with van der Waals surface area (Å²) in [7, 11) is 0. The van der Waals surface area contributed by atoms with Crippen molar-refractivity contribution in [2.45, 2.75) is 26.7 Å². The molecular formula is C8H15NO2. The highest BCUT2D eigenvalue weighted by Gasteiger charge is 2.02. The topological polar surface area (TPSA) is 52.3 Å². The molecule has 3 heteroatoms. The fourth-order valence-electron chi connectivity index (χ4n) is 0.662. The van der Waals surface area contributed by atoms with Crippen molar-refractivity contribution in [1.82, 2.24) is 0 Å². The molecule has 0 aliphatic carbocycles. The van der Waals surface area contributed by atoms with Gasteiger partial charge in [-0.1, -0.05) is 13.3 Å². The molecule has 0 spiro atoms. The molecule has 0 aromatic heterocycles. The van der Waals surface area contributed by atoms with Crippen molar-refractivity contribution in [2.75, 3.05) is 6.61 Å². The highest BCUT2D eigenvalue weighted by Crippen LogP contribution is 1.99. The van der Waals surface area contributed by atoms with Gasteiger partial charge in [0.2, 0.25) is 0 Å². The van der Waals surface area contributed by atoms with Crippen LogP contribution in [0, 0.1) is 0 Å². The highest BCUT2D eigenvalue weighted by atomic mass is 16.5. The van der Waals surface area contributed by atoms with Crippen molar-refractivity contribution in [2.24, 2.45) is 5.73 Å². The van der Waals surface area contributed by atoms with E-state index in [2.05, 4.69) is 0 Å². The van der Waals surface area contributed by atoms with Crippen LogP contribution in [0.15, 0.2) is 11.8 Å². The third-order valence-electron chi connectivity index (χ3n) is 1.16. The summed E-state index contributed by atoms with van der Waals surface area (Å²) >= 11 is 0. The lowest BCUT2D eigenvalue weighted by molar-refractivity contribution is -0.117. The first-order valence-electron chi connectivity index (χ1n) is 3.85. The summed E-state index contributed by atoms with van der Waals surface area (Å²) in [6.07, 6.45) is 3.55. The highest BCUT2D eigenvalue weighted by molar-refractivity contribution is 5.89. The van der Waals surface area contributed by atoms with Gasteiger partial charge < -0.3 is 10.5 Å². The monoisotopic (exact) mass is 157 g/mol. The maximum absolute atomic E-state index is 10.6. The normalized spacial score (nSPS) is 11.3. The molecule has 0 heterocycles. The van der Waals surface area contributed by atoms with Crippen LogP contribution in [-0.4, -0.2) is 12.5 Å². The van der Waals surface area contributed by atoms with E-state index < -0.39 is 5.91 Å². The molecule has 3 nitrogen and oxygen atoms in total. The van der Waals surface area contributed by atoms with Gasteiger partial charge in [-0.2, -0.15) is 0 Å². The summed E-state index contributed by atoms with van der Waals surface area (Å²) < 4.78 is 4.99. The minimum absolute atomic E-state index is 0.286. The first kappa shape index (κ1) is 10.0. The summed E-state index contributed by atoms with van der Waals surface area (Å²) in [6, 6.07) is 0. The Morgan fingerprint density at radius 2 is 2.18 bits per heavy atom. The minimum atomic E-state index is -0.486. The summed E-state index contributed by atoms with van der Waals surface area (Å²) in [5.74, 6) is -0.199. The zero-order valence-electron chi connectivity index (χ0n) is 7.09. The molecule has 0 saturated carbocycles. The molecule has 2 N–H and O–H groups in total. The molecule has 0 atom stereocenters. The van der Waals surface area contributed by atoms with Crippen molar-refractivity contribution in [3.8, 4) is 0 Å². The Labute approximate surface area is 67.2 Å². The molecule has 0 unspecified atom stereocenters. The van der Waals surface area contributed by atoms with Crippen LogP contribution >= 0.6 is 0 Å². The average Bonchev–Trinajstić information content (AvgIpc) is 1.97. The van der Waals surface area contributed by atoms with Crippen LogP contribution in [0.4, 0.5) is 0 Å². The lowest BCUT2D eigenvalue weighted by Gasteiger charge is -2.02. The Hall–Kier alpha value is -0.990. The van der Waals surface area contributed by atoms with Crippen molar-refractivity contribution in [1.29, 1.82) is 0 Å². The van der Waals surface area contributed by atoms with Gasteiger partial charge in [-0.05, 0) is 19.4 Å². The Bertz CT molecular complexity index is 152. The van der Waals surface area contributed by atoms with Gasteiger partial charge in [0.15, 0.2) is 5.76 Å². The number of carbonyl (C=O) groups is 1. The van der Waals surface area contributed by atoms with Crippen LogP contribution in [0.2, 0.25) is 0 Å². The summed E-state index contributed by atoms with van der Waals surface area (Å²) in [4.78, 5) is 10.6. The van der Waals surface area contributed by atoms with Gasteiger partial charge >= 0.3 is 0 Å². The van der Waals surface area contributed by atoms with Gasteiger partial charge in [0.05, 0.1) is 6.61 Å². The van der Waals surface area contributed by atoms with E-state index in [0.717, 1.165) is 12.8 Å². The second kappa shape index (κ2) is 5.77. The first-order chi connectivity index (χ1) is 5.22.